The molecule has 3 rings (SSSR count). The van der Waals surface area contributed by atoms with E-state index in [1.165, 1.54) is 0 Å². The van der Waals surface area contributed by atoms with Crippen molar-refractivity contribution in [1.29, 1.82) is 0 Å². The van der Waals surface area contributed by atoms with E-state index >= 15 is 0 Å². The van der Waals surface area contributed by atoms with Crippen LogP contribution in [0.3, 0.4) is 0 Å². The number of benzene rings is 1. The predicted molar refractivity (Wildman–Crippen MR) is 101 cm³/mol. The highest BCUT2D eigenvalue weighted by atomic mass is 16.4. The van der Waals surface area contributed by atoms with Gasteiger partial charge in [-0.25, -0.2) is 0 Å². The number of hydrogen-bond donors (Lipinski definition) is 1. The van der Waals surface area contributed by atoms with Crippen molar-refractivity contribution < 1.29 is 14.7 Å². The Morgan fingerprint density at radius 1 is 1.38 bits per heavy atom. The number of hydrogen-bond acceptors (Lipinski definition) is 2. The molecule has 1 saturated heterocycles. The topological polar surface area (TPSA) is 57.6 Å². The molecule has 1 aromatic rings. The van der Waals surface area contributed by atoms with Crippen molar-refractivity contribution in [3.8, 4) is 0 Å². The fourth-order valence-electron chi connectivity index (χ4n) is 4.89. The molecule has 1 aliphatic carbocycles. The average molecular weight is 353 g/mol. The van der Waals surface area contributed by atoms with Crippen LogP contribution in [-0.2, 0) is 9.59 Å². The average Bonchev–Trinajstić information content (AvgIpc) is 2.85. The van der Waals surface area contributed by atoms with E-state index in [0.717, 1.165) is 11.3 Å². The number of nitrogens with zero attached hydrogens (tertiary/aromatic N) is 1. The highest BCUT2D eigenvalue weighted by Gasteiger charge is 2.58. The second-order valence-electron chi connectivity index (χ2n) is 8.29. The van der Waals surface area contributed by atoms with E-state index < -0.39 is 17.3 Å². The second-order valence-corrected chi connectivity index (χ2v) is 8.29. The zero-order valence-electron chi connectivity index (χ0n) is 15.7. The SMILES string of the molecule is C=CC[C@@]12CC(C)(C)C=C1N([C@H](C)c1ccccc1)C(=O)C[C@@H]2C(=O)O. The van der Waals surface area contributed by atoms with Gasteiger partial charge in [0, 0.05) is 17.5 Å². The molecule has 1 N–H and O–H groups in total. The normalized spacial score (nSPS) is 28.3. The fraction of sp³-hybridized carbons (Fsp3) is 0.455. The van der Waals surface area contributed by atoms with Gasteiger partial charge in [-0.1, -0.05) is 56.3 Å². The highest BCUT2D eigenvalue weighted by Crippen LogP contribution is 2.60. The maximum Gasteiger partial charge on any atom is 0.307 e. The molecule has 1 fully saturated rings. The first-order valence-electron chi connectivity index (χ1n) is 9.16. The van der Waals surface area contributed by atoms with Crippen molar-refractivity contribution >= 4 is 11.9 Å². The molecule has 0 bridgehead atoms. The van der Waals surface area contributed by atoms with Crippen molar-refractivity contribution in [2.24, 2.45) is 16.7 Å². The number of allylic oxidation sites excluding steroid dienone is 3. The van der Waals surface area contributed by atoms with Gasteiger partial charge in [0.05, 0.1) is 12.0 Å². The molecular weight excluding hydrogens is 326 g/mol. The Morgan fingerprint density at radius 3 is 2.62 bits per heavy atom. The number of fused-ring (bicyclic) bond motifs is 1. The summed E-state index contributed by atoms with van der Waals surface area (Å²) >= 11 is 0. The van der Waals surface area contributed by atoms with Gasteiger partial charge in [0.25, 0.3) is 0 Å². The first kappa shape index (κ1) is 18.4. The summed E-state index contributed by atoms with van der Waals surface area (Å²) in [6.07, 6.45) is 5.22. The van der Waals surface area contributed by atoms with Crippen LogP contribution in [0.15, 0.2) is 54.8 Å². The maximum atomic E-state index is 13.0. The minimum absolute atomic E-state index is 0.0355. The lowest BCUT2D eigenvalue weighted by molar-refractivity contribution is -0.156. The number of carboxylic acids is 1. The molecule has 0 saturated carbocycles. The molecule has 1 aliphatic heterocycles. The number of likely N-dealkylation sites (tertiary alicyclic amines) is 1. The summed E-state index contributed by atoms with van der Waals surface area (Å²) in [5.41, 5.74) is 1.18. The molecule has 1 amide bonds. The van der Waals surface area contributed by atoms with E-state index in [-0.39, 0.29) is 23.8 Å². The number of rotatable bonds is 5. The summed E-state index contributed by atoms with van der Waals surface area (Å²) in [7, 11) is 0. The van der Waals surface area contributed by atoms with E-state index in [1.807, 2.05) is 42.2 Å². The van der Waals surface area contributed by atoms with Gasteiger partial charge in [0.15, 0.2) is 0 Å². The minimum Gasteiger partial charge on any atom is -0.481 e. The number of amides is 1. The predicted octanol–water partition coefficient (Wildman–Crippen LogP) is 4.56. The lowest BCUT2D eigenvalue weighted by Gasteiger charge is -2.48. The highest BCUT2D eigenvalue weighted by molar-refractivity contribution is 5.87. The summed E-state index contributed by atoms with van der Waals surface area (Å²) in [4.78, 5) is 26.9. The van der Waals surface area contributed by atoms with E-state index in [1.54, 1.807) is 6.08 Å². The maximum absolute atomic E-state index is 13.0. The van der Waals surface area contributed by atoms with Crippen molar-refractivity contribution in [1.82, 2.24) is 4.90 Å². The summed E-state index contributed by atoms with van der Waals surface area (Å²) < 4.78 is 0. The summed E-state index contributed by atoms with van der Waals surface area (Å²) in [5.74, 6) is -1.71. The van der Waals surface area contributed by atoms with Crippen LogP contribution in [0.1, 0.15) is 51.6 Å². The van der Waals surface area contributed by atoms with Crippen molar-refractivity contribution in [2.45, 2.75) is 46.1 Å². The molecule has 0 aromatic heterocycles. The van der Waals surface area contributed by atoms with E-state index in [9.17, 15) is 14.7 Å². The van der Waals surface area contributed by atoms with Crippen LogP contribution in [0.2, 0.25) is 0 Å². The van der Waals surface area contributed by atoms with Gasteiger partial charge in [-0.05, 0) is 30.7 Å². The molecule has 3 atom stereocenters. The third-order valence-electron chi connectivity index (χ3n) is 5.86. The van der Waals surface area contributed by atoms with Crippen LogP contribution in [0.25, 0.3) is 0 Å². The summed E-state index contributed by atoms with van der Waals surface area (Å²) in [5, 5.41) is 9.87. The van der Waals surface area contributed by atoms with Crippen LogP contribution in [-0.4, -0.2) is 21.9 Å². The first-order chi connectivity index (χ1) is 12.2. The Kier molecular flexibility index (Phi) is 4.55. The van der Waals surface area contributed by atoms with E-state index in [0.29, 0.717) is 12.8 Å². The molecule has 4 heteroatoms. The molecule has 1 heterocycles. The van der Waals surface area contributed by atoms with Gasteiger partial charge in [-0.2, -0.15) is 0 Å². The Morgan fingerprint density at radius 2 is 2.04 bits per heavy atom. The van der Waals surface area contributed by atoms with E-state index in [2.05, 4.69) is 26.5 Å². The molecule has 138 valence electrons. The third-order valence-corrected chi connectivity index (χ3v) is 5.86. The number of carbonyl (C=O) groups is 2. The Bertz CT molecular complexity index is 765. The van der Waals surface area contributed by atoms with Crippen molar-refractivity contribution in [3.05, 3.63) is 60.3 Å². The lowest BCUT2D eigenvalue weighted by atomic mass is 9.64. The molecule has 2 aliphatic rings. The van der Waals surface area contributed by atoms with Gasteiger partial charge >= 0.3 is 5.97 Å². The van der Waals surface area contributed by atoms with Gasteiger partial charge < -0.3 is 10.0 Å². The molecule has 0 spiro atoms. The van der Waals surface area contributed by atoms with Crippen LogP contribution >= 0.6 is 0 Å². The fourth-order valence-corrected chi connectivity index (χ4v) is 4.89. The number of carboxylic acid groups (broad SMARTS) is 1. The van der Waals surface area contributed by atoms with Crippen LogP contribution in [0, 0.1) is 16.7 Å². The molecular formula is C22H27NO3. The third kappa shape index (κ3) is 2.87. The van der Waals surface area contributed by atoms with Gasteiger partial charge in [0.2, 0.25) is 5.91 Å². The quantitative estimate of drug-likeness (QED) is 0.790. The van der Waals surface area contributed by atoms with Gasteiger partial charge in [-0.3, -0.25) is 9.59 Å². The largest absolute Gasteiger partial charge is 0.481 e. The smallest absolute Gasteiger partial charge is 0.307 e. The molecule has 4 nitrogen and oxygen atoms in total. The number of carbonyl (C=O) groups excluding carboxylic acids is 1. The van der Waals surface area contributed by atoms with Crippen LogP contribution in [0.5, 0.6) is 0 Å². The first-order valence-corrected chi connectivity index (χ1v) is 9.16. The zero-order valence-corrected chi connectivity index (χ0v) is 15.7. The second kappa shape index (κ2) is 6.42. The summed E-state index contributed by atoms with van der Waals surface area (Å²) in [6, 6.07) is 9.76. The molecule has 1 aromatic carbocycles. The van der Waals surface area contributed by atoms with Crippen molar-refractivity contribution in [3.63, 3.8) is 0 Å². The number of aliphatic carboxylic acids is 1. The number of piperidine rings is 1. The van der Waals surface area contributed by atoms with Crippen LogP contribution in [0.4, 0.5) is 0 Å². The van der Waals surface area contributed by atoms with Crippen LogP contribution < -0.4 is 0 Å². The lowest BCUT2D eigenvalue weighted by Crippen LogP contribution is -2.51. The van der Waals surface area contributed by atoms with Crippen molar-refractivity contribution in [2.75, 3.05) is 0 Å². The Balaban J connectivity index is 2.13. The summed E-state index contributed by atoms with van der Waals surface area (Å²) in [6.45, 7) is 10.1. The molecule has 26 heavy (non-hydrogen) atoms. The molecule has 0 unspecified atom stereocenters. The zero-order chi connectivity index (χ0) is 19.1. The standard InChI is InChI=1S/C22H27NO3/c1-5-11-22-14-21(3,4)13-18(22)23(19(24)12-17(22)20(25)26)15(2)16-9-7-6-8-10-16/h5-10,13,15,17H,1,11-12,14H2,2-4H3,(H,25,26)/t15-,17-,22+/m1/s1. The Hall–Kier alpha value is -2.36. The Labute approximate surface area is 155 Å². The van der Waals surface area contributed by atoms with Gasteiger partial charge in [-0.15, -0.1) is 6.58 Å². The monoisotopic (exact) mass is 353 g/mol. The molecule has 0 radical (unpaired) electrons. The van der Waals surface area contributed by atoms with Gasteiger partial charge in [0.1, 0.15) is 0 Å². The minimum atomic E-state index is -0.893. The van der Waals surface area contributed by atoms with E-state index in [4.69, 9.17) is 0 Å².